The van der Waals surface area contributed by atoms with Gasteiger partial charge in [0.2, 0.25) is 0 Å². The van der Waals surface area contributed by atoms with Gasteiger partial charge < -0.3 is 5.11 Å². The SMILES string of the molecule is O=C(O)c1sc(Br)nc1-c1ccccc1. The summed E-state index contributed by atoms with van der Waals surface area (Å²) in [4.78, 5) is 15.4. The molecule has 0 aliphatic rings. The summed E-state index contributed by atoms with van der Waals surface area (Å²) in [6, 6.07) is 9.27. The van der Waals surface area contributed by atoms with Crippen LogP contribution in [0.5, 0.6) is 0 Å². The molecule has 0 amide bonds. The van der Waals surface area contributed by atoms with Crippen molar-refractivity contribution in [3.63, 3.8) is 0 Å². The number of carboxylic acid groups (broad SMARTS) is 1. The Balaban J connectivity index is 2.58. The molecule has 1 aromatic carbocycles. The average Bonchev–Trinajstić information content (AvgIpc) is 2.62. The molecule has 5 heteroatoms. The highest BCUT2D eigenvalue weighted by Crippen LogP contribution is 2.30. The molecule has 0 saturated carbocycles. The van der Waals surface area contributed by atoms with Crippen molar-refractivity contribution in [1.29, 1.82) is 0 Å². The molecular weight excluding hydrogens is 278 g/mol. The lowest BCUT2D eigenvalue weighted by Crippen LogP contribution is -1.95. The number of aromatic carboxylic acids is 1. The van der Waals surface area contributed by atoms with Crippen LogP contribution in [0.1, 0.15) is 9.67 Å². The third kappa shape index (κ3) is 2.08. The van der Waals surface area contributed by atoms with Crippen LogP contribution < -0.4 is 0 Å². The zero-order chi connectivity index (χ0) is 10.8. The molecule has 2 aromatic rings. The van der Waals surface area contributed by atoms with E-state index in [4.69, 9.17) is 5.11 Å². The fraction of sp³-hybridized carbons (Fsp3) is 0. The van der Waals surface area contributed by atoms with E-state index in [9.17, 15) is 4.79 Å². The molecule has 0 atom stereocenters. The predicted molar refractivity (Wildman–Crippen MR) is 62.2 cm³/mol. The number of nitrogens with zero attached hydrogens (tertiary/aromatic N) is 1. The van der Waals surface area contributed by atoms with E-state index in [-0.39, 0.29) is 4.88 Å². The molecule has 3 nitrogen and oxygen atoms in total. The van der Waals surface area contributed by atoms with Gasteiger partial charge in [0.15, 0.2) is 3.92 Å². The van der Waals surface area contributed by atoms with Crippen molar-refractivity contribution in [2.75, 3.05) is 0 Å². The van der Waals surface area contributed by atoms with E-state index in [1.807, 2.05) is 30.3 Å². The Labute approximate surface area is 98.5 Å². The summed E-state index contributed by atoms with van der Waals surface area (Å²) in [7, 11) is 0. The molecule has 2 rings (SSSR count). The minimum atomic E-state index is -0.947. The van der Waals surface area contributed by atoms with Crippen molar-refractivity contribution < 1.29 is 9.90 Å². The van der Waals surface area contributed by atoms with Crippen LogP contribution in [0.2, 0.25) is 0 Å². The normalized spacial score (nSPS) is 10.2. The van der Waals surface area contributed by atoms with E-state index >= 15 is 0 Å². The second-order valence-corrected chi connectivity index (χ2v) is 5.09. The maximum Gasteiger partial charge on any atom is 0.348 e. The summed E-state index contributed by atoms with van der Waals surface area (Å²) in [5, 5.41) is 8.99. The summed E-state index contributed by atoms with van der Waals surface area (Å²) < 4.78 is 0.582. The van der Waals surface area contributed by atoms with Crippen molar-refractivity contribution >= 4 is 33.2 Å². The van der Waals surface area contributed by atoms with Crippen molar-refractivity contribution in [1.82, 2.24) is 4.98 Å². The number of aromatic nitrogens is 1. The van der Waals surface area contributed by atoms with Crippen LogP contribution in [0, 0.1) is 0 Å². The number of carboxylic acids is 1. The zero-order valence-corrected chi connectivity index (χ0v) is 9.88. The summed E-state index contributed by atoms with van der Waals surface area (Å²) in [5.41, 5.74) is 1.33. The lowest BCUT2D eigenvalue weighted by Gasteiger charge is -1.97. The molecule has 0 bridgehead atoms. The van der Waals surface area contributed by atoms with E-state index < -0.39 is 5.97 Å². The Hall–Kier alpha value is -1.20. The molecule has 0 aliphatic carbocycles. The van der Waals surface area contributed by atoms with E-state index in [1.165, 1.54) is 0 Å². The van der Waals surface area contributed by atoms with Gasteiger partial charge in [-0.15, -0.1) is 0 Å². The number of carbonyl (C=O) groups is 1. The van der Waals surface area contributed by atoms with Gasteiger partial charge in [-0.2, -0.15) is 0 Å². The number of thiazole rings is 1. The van der Waals surface area contributed by atoms with Gasteiger partial charge in [-0.1, -0.05) is 41.7 Å². The number of rotatable bonds is 2. The van der Waals surface area contributed by atoms with Crippen molar-refractivity contribution in [2.24, 2.45) is 0 Å². The molecule has 0 radical (unpaired) electrons. The van der Waals surface area contributed by atoms with Crippen LogP contribution in [0.25, 0.3) is 11.3 Å². The topological polar surface area (TPSA) is 50.2 Å². The van der Waals surface area contributed by atoms with Gasteiger partial charge in [0.25, 0.3) is 0 Å². The van der Waals surface area contributed by atoms with Gasteiger partial charge in [0.1, 0.15) is 4.88 Å². The van der Waals surface area contributed by atoms with Crippen LogP contribution in [-0.4, -0.2) is 16.1 Å². The molecule has 0 unspecified atom stereocenters. The number of halogens is 1. The fourth-order valence-corrected chi connectivity index (χ4v) is 2.55. The van der Waals surface area contributed by atoms with Gasteiger partial charge in [0, 0.05) is 5.56 Å². The number of hydrogen-bond donors (Lipinski definition) is 1. The molecule has 1 heterocycles. The van der Waals surface area contributed by atoms with E-state index in [2.05, 4.69) is 20.9 Å². The maximum absolute atomic E-state index is 11.0. The van der Waals surface area contributed by atoms with Crippen molar-refractivity contribution in [3.05, 3.63) is 39.1 Å². The summed E-state index contributed by atoms with van der Waals surface area (Å²) in [6.07, 6.45) is 0. The minimum Gasteiger partial charge on any atom is -0.477 e. The molecule has 0 aliphatic heterocycles. The lowest BCUT2D eigenvalue weighted by atomic mass is 10.1. The molecule has 15 heavy (non-hydrogen) atoms. The number of benzene rings is 1. The van der Waals surface area contributed by atoms with Gasteiger partial charge in [-0.25, -0.2) is 9.78 Å². The molecule has 0 fully saturated rings. The molecular formula is C10H6BrNO2S. The molecule has 0 spiro atoms. The predicted octanol–water partition coefficient (Wildman–Crippen LogP) is 3.27. The van der Waals surface area contributed by atoms with Gasteiger partial charge in [0.05, 0.1) is 5.69 Å². The van der Waals surface area contributed by atoms with Gasteiger partial charge in [-0.3, -0.25) is 0 Å². The second-order valence-electron chi connectivity index (χ2n) is 2.82. The highest BCUT2D eigenvalue weighted by molar-refractivity contribution is 9.11. The Kier molecular flexibility index (Phi) is 2.83. The summed E-state index contributed by atoms with van der Waals surface area (Å²) in [6.45, 7) is 0. The first-order valence-electron chi connectivity index (χ1n) is 4.13. The minimum absolute atomic E-state index is 0.257. The quantitative estimate of drug-likeness (QED) is 0.920. The monoisotopic (exact) mass is 283 g/mol. The average molecular weight is 284 g/mol. The van der Waals surface area contributed by atoms with Crippen LogP contribution in [-0.2, 0) is 0 Å². The Morgan fingerprint density at radius 1 is 1.33 bits per heavy atom. The zero-order valence-electron chi connectivity index (χ0n) is 7.48. The second kappa shape index (κ2) is 4.12. The van der Waals surface area contributed by atoms with Crippen LogP contribution in [0.4, 0.5) is 0 Å². The van der Waals surface area contributed by atoms with E-state index in [0.717, 1.165) is 16.9 Å². The fourth-order valence-electron chi connectivity index (χ4n) is 1.23. The summed E-state index contributed by atoms with van der Waals surface area (Å²) >= 11 is 4.32. The van der Waals surface area contributed by atoms with Gasteiger partial charge in [-0.05, 0) is 15.9 Å². The third-order valence-corrected chi connectivity index (χ3v) is 3.34. The maximum atomic E-state index is 11.0. The number of hydrogen-bond acceptors (Lipinski definition) is 3. The Bertz CT molecular complexity index is 495. The molecule has 1 aromatic heterocycles. The first kappa shape index (κ1) is 10.3. The van der Waals surface area contributed by atoms with E-state index in [1.54, 1.807) is 0 Å². The lowest BCUT2D eigenvalue weighted by molar-refractivity contribution is 0.0702. The summed E-state index contributed by atoms with van der Waals surface area (Å²) in [5.74, 6) is -0.947. The molecule has 76 valence electrons. The standard InChI is InChI=1S/C10H6BrNO2S/c11-10-12-7(8(15-10)9(13)14)6-4-2-1-3-5-6/h1-5H,(H,13,14). The highest BCUT2D eigenvalue weighted by Gasteiger charge is 2.17. The van der Waals surface area contributed by atoms with Crippen LogP contribution >= 0.6 is 27.3 Å². The Morgan fingerprint density at radius 2 is 2.00 bits per heavy atom. The smallest absolute Gasteiger partial charge is 0.348 e. The van der Waals surface area contributed by atoms with Gasteiger partial charge >= 0.3 is 5.97 Å². The van der Waals surface area contributed by atoms with Crippen molar-refractivity contribution in [3.8, 4) is 11.3 Å². The van der Waals surface area contributed by atoms with Crippen LogP contribution in [0.15, 0.2) is 34.2 Å². The Morgan fingerprint density at radius 3 is 2.60 bits per heavy atom. The third-order valence-electron chi connectivity index (χ3n) is 1.84. The first-order chi connectivity index (χ1) is 7.18. The van der Waals surface area contributed by atoms with E-state index in [0.29, 0.717) is 9.61 Å². The van der Waals surface area contributed by atoms with Crippen LogP contribution in [0.3, 0.4) is 0 Å². The molecule has 0 saturated heterocycles. The van der Waals surface area contributed by atoms with Crippen molar-refractivity contribution in [2.45, 2.75) is 0 Å². The highest BCUT2D eigenvalue weighted by atomic mass is 79.9. The largest absolute Gasteiger partial charge is 0.477 e. The first-order valence-corrected chi connectivity index (χ1v) is 5.74. The molecule has 1 N–H and O–H groups in total.